The van der Waals surface area contributed by atoms with Gasteiger partial charge in [0.2, 0.25) is 0 Å². The van der Waals surface area contributed by atoms with Gasteiger partial charge in [-0.25, -0.2) is 0 Å². The molecule has 0 radical (unpaired) electrons. The summed E-state index contributed by atoms with van der Waals surface area (Å²) in [5, 5.41) is 0. The van der Waals surface area contributed by atoms with Crippen molar-refractivity contribution < 1.29 is 138 Å². The molecule has 102 heavy (non-hydrogen) atoms. The second kappa shape index (κ2) is 64.0. The lowest BCUT2D eigenvalue weighted by molar-refractivity contribution is -0.410. The van der Waals surface area contributed by atoms with Gasteiger partial charge in [-0.2, -0.15) is 0 Å². The van der Waals surface area contributed by atoms with Crippen molar-refractivity contribution in [3.63, 3.8) is 0 Å². The van der Waals surface area contributed by atoms with Crippen molar-refractivity contribution in [2.45, 2.75) is 317 Å². The van der Waals surface area contributed by atoms with E-state index >= 15 is 0 Å². The first-order valence-corrected chi connectivity index (χ1v) is 66.8. The smallest absolute Gasteiger partial charge is 0.446 e. The highest BCUT2D eigenvalue weighted by molar-refractivity contribution is 6.72. The summed E-state index contributed by atoms with van der Waals surface area (Å²) in [5.41, 5.74) is 0. The Morgan fingerprint density at radius 1 is 0.529 bits per heavy atom. The zero-order chi connectivity index (χ0) is 74.8. The van der Waals surface area contributed by atoms with Crippen LogP contribution in [0.2, 0.25) is 82.6 Å². The summed E-state index contributed by atoms with van der Waals surface area (Å²) in [6.45, 7) is 37.4. The van der Waals surface area contributed by atoms with Crippen LogP contribution in [0.3, 0.4) is 0 Å². The predicted molar refractivity (Wildman–Crippen MR) is 435 cm³/mol. The lowest BCUT2D eigenvalue weighted by atomic mass is 10.1. The third-order valence-electron chi connectivity index (χ3n) is 15.0. The molecule has 5 fully saturated rings. The molecule has 31 nitrogen and oxygen atoms in total. The predicted octanol–water partition coefficient (Wildman–Crippen LogP) is -0.305. The van der Waals surface area contributed by atoms with Crippen LogP contribution in [0.4, 0.5) is 0 Å². The van der Waals surface area contributed by atoms with Crippen molar-refractivity contribution >= 4 is 173 Å². The fraction of sp³-hybridized carbons (Fsp3) is 1.00. The molecule has 5 aliphatic heterocycles. The Kier molecular flexibility index (Phi) is 64.4. The molecule has 5 rings (SSSR count). The zero-order valence-electron chi connectivity index (χ0n) is 65.0. The summed E-state index contributed by atoms with van der Waals surface area (Å²) in [6, 6.07) is 5.96. The lowest BCUT2D eigenvalue weighted by Crippen LogP contribution is -2.46. The molecule has 0 aliphatic carbocycles. The van der Waals surface area contributed by atoms with Gasteiger partial charge in [0.05, 0.1) is 24.4 Å². The van der Waals surface area contributed by atoms with E-state index in [4.69, 9.17) is 138 Å². The minimum absolute atomic E-state index is 0. The lowest BCUT2D eigenvalue weighted by Gasteiger charge is -2.39. The topological polar surface area (TPSA) is 308 Å². The van der Waals surface area contributed by atoms with Crippen LogP contribution in [-0.2, 0) is 128 Å². The van der Waals surface area contributed by atoms with E-state index in [2.05, 4.69) is 33.9 Å². The molecule has 19 atom stereocenters. The Bertz CT molecular complexity index is 1840. The molecule has 0 aromatic heterocycles. The molecule has 5 saturated heterocycles. The molecular weight excluding hydrogens is 1640 g/mol. The van der Waals surface area contributed by atoms with Gasteiger partial charge in [0.25, 0.3) is 89.4 Å². The van der Waals surface area contributed by atoms with Gasteiger partial charge in [-0.3, -0.25) is 0 Å². The van der Waals surface area contributed by atoms with Gasteiger partial charge in [-0.15, -0.1) is 0 Å². The fourth-order valence-electron chi connectivity index (χ4n) is 10.8. The number of hydrogen-bond acceptors (Lipinski definition) is 31. The first-order chi connectivity index (χ1) is 48.2. The summed E-state index contributed by atoms with van der Waals surface area (Å²) in [4.78, 5) is 17.1. The Balaban J connectivity index is 0.000000810. The maximum Gasteiger partial charge on any atom is 0.477 e. The van der Waals surface area contributed by atoms with Crippen LogP contribution in [0.15, 0.2) is 0 Å². The summed E-state index contributed by atoms with van der Waals surface area (Å²) in [6.07, 6.45) is 12.1. The molecule has 612 valence electrons. The van der Waals surface area contributed by atoms with E-state index in [1.54, 1.807) is 26.9 Å². The maximum absolute atomic E-state index is 8.75. The van der Waals surface area contributed by atoms with Gasteiger partial charge in [0, 0.05) is 18.6 Å². The summed E-state index contributed by atoms with van der Waals surface area (Å²) in [7, 11) is -23.1. The van der Waals surface area contributed by atoms with Gasteiger partial charge >= 0.3 is 56.7 Å². The Hall–Kier alpha value is 2.66. The van der Waals surface area contributed by atoms with Gasteiger partial charge in [-0.1, -0.05) is 71.6 Å². The third kappa shape index (κ3) is 56.8. The monoisotopic (exact) mass is 1780 g/mol. The molecule has 0 amide bonds. The third-order valence-corrected chi connectivity index (χ3v) is 54.8. The van der Waals surface area contributed by atoms with Crippen molar-refractivity contribution in [2.24, 2.45) is 0 Å². The fourth-order valence-corrected chi connectivity index (χ4v) is 49.2. The summed E-state index contributed by atoms with van der Waals surface area (Å²) in [5.74, 6) is -0.991. The van der Waals surface area contributed by atoms with Gasteiger partial charge in [-0.05, 0) is 176 Å². The van der Waals surface area contributed by atoms with E-state index in [9.17, 15) is 0 Å². The maximum atomic E-state index is 8.75. The second-order valence-corrected chi connectivity index (χ2v) is 59.0. The van der Waals surface area contributed by atoms with Gasteiger partial charge < -0.3 is 138 Å². The molecule has 19 unspecified atom stereocenters. The number of hydrogen-bond donors (Lipinski definition) is 2. The Morgan fingerprint density at radius 2 is 1.10 bits per heavy atom. The summed E-state index contributed by atoms with van der Waals surface area (Å²) >= 11 is 0. The summed E-state index contributed by atoms with van der Waals surface area (Å²) < 4.78 is 167. The number of rotatable bonds is 40. The van der Waals surface area contributed by atoms with Crippen molar-refractivity contribution in [2.75, 3.05) is 27.2 Å². The number of ether oxygens (including phenoxy) is 11. The minimum atomic E-state index is -2.35. The highest BCUT2D eigenvalue weighted by Crippen LogP contribution is 2.28. The SMILES string of the molecule is CC1CC(C)OC(OCOCOCOC2OC(C)CC(C)(O[SiH2]OCO[SiH2]O[SiH]3OC(C)CC(C)OC(C)O3)OC(C)O2)OC(C)O1.CCCCCC[SiH2]O[SiH](CCCCCC)O[SiH2]O[SiH2]CCC[SiH]1O[SiH](C)CC(C)O[SiH](C)O1.C[SiH](O)O[SiH](C)O[SiH2]O.C[SiH]1O[SiH](C)O[SiH](C)O[SiH](C)O1.[SiH4]. The Labute approximate surface area is 650 Å². The first-order valence-electron chi connectivity index (χ1n) is 36.8. The Morgan fingerprint density at radius 3 is 1.72 bits per heavy atom. The van der Waals surface area contributed by atoms with Crippen LogP contribution < -0.4 is 0 Å². The number of unbranched alkanes of at least 4 members (excludes halogenated alkanes) is 6. The van der Waals surface area contributed by atoms with Crippen molar-refractivity contribution in [1.29, 1.82) is 0 Å². The average molecular weight is 1780 g/mol. The van der Waals surface area contributed by atoms with E-state index < -0.39 is 193 Å². The molecule has 49 heteroatoms. The molecule has 0 spiro atoms. The van der Waals surface area contributed by atoms with Crippen LogP contribution in [0.5, 0.6) is 0 Å². The van der Waals surface area contributed by atoms with Crippen molar-refractivity contribution in [3.8, 4) is 0 Å². The van der Waals surface area contributed by atoms with E-state index in [0.29, 0.717) is 12.5 Å². The highest BCUT2D eigenvalue weighted by atomic mass is 28.5. The standard InChI is InChI=1S/C27H56O17Si3.C20H54O6Si7.C4H16O4Si4.C2H12O4Si3.H4Si/c1-17-10-19(3)36-25(38-22(6)34-17)30-14-28-13-29-15-31-26-37-21(5)12-27(9,40-23(7)39-26)43-45-32-16-33-46-44-47-41-20(4)11-18(2)35-24(8)42-47;1-6-8-10-12-15-28-23-32(17-13-11-9-7-2)24-29-22-27-16-14-18-33-25-30(4)19-20(3)21-31(5)26-33;1-9-5-10(2)7-12(4)8-11(3)6-9;1-8(4)6-9(2)5-7-3;/h17-26,47H,10-16,45-46H2,1-9H3;20,30-33H,6-19,27-29H2,1-5H3;9-12H,1-4H3;3-4,8-9H,7H2,1-2H3;1H4. The van der Waals surface area contributed by atoms with Crippen LogP contribution in [0, 0.1) is 0 Å². The van der Waals surface area contributed by atoms with Crippen molar-refractivity contribution in [3.05, 3.63) is 0 Å². The minimum Gasteiger partial charge on any atom is -0.446 e. The zero-order valence-corrected chi connectivity index (χ0v) is 86.2. The molecule has 5 heterocycles. The van der Waals surface area contributed by atoms with Crippen molar-refractivity contribution in [1.82, 2.24) is 0 Å². The molecule has 5 aliphatic rings. The molecule has 0 bridgehead atoms. The normalized spacial score (nSPS) is 33.9. The van der Waals surface area contributed by atoms with Crippen LogP contribution in [0.1, 0.15) is 160 Å². The molecular formula is C53H142O31Si18. The second-order valence-electron chi connectivity index (χ2n) is 25.7. The van der Waals surface area contributed by atoms with Gasteiger partial charge in [0.15, 0.2) is 47.8 Å². The highest BCUT2D eigenvalue weighted by Gasteiger charge is 2.37. The molecule has 0 aromatic rings. The van der Waals surface area contributed by atoms with Crippen LogP contribution >= 0.6 is 0 Å². The van der Waals surface area contributed by atoms with Crippen LogP contribution in [0.25, 0.3) is 0 Å². The molecule has 0 aromatic carbocycles. The van der Waals surface area contributed by atoms with Gasteiger partial charge in [0.1, 0.15) is 32.6 Å². The quantitative estimate of drug-likeness (QED) is 0.0452. The first kappa shape index (κ1) is 103. The van der Waals surface area contributed by atoms with E-state index in [-0.39, 0.29) is 74.9 Å². The average Bonchev–Trinajstić information content (AvgIpc) is 0.851. The van der Waals surface area contributed by atoms with E-state index in [1.165, 1.54) is 75.9 Å². The molecule has 2 N–H and O–H groups in total. The molecule has 0 saturated carbocycles. The largest absolute Gasteiger partial charge is 0.477 e. The van der Waals surface area contributed by atoms with E-state index in [0.717, 1.165) is 24.9 Å². The van der Waals surface area contributed by atoms with Crippen LogP contribution in [-0.4, -0.2) is 284 Å². The van der Waals surface area contributed by atoms with E-state index in [1.807, 2.05) is 74.7 Å².